The van der Waals surface area contributed by atoms with Gasteiger partial charge in [0.25, 0.3) is 0 Å². The van der Waals surface area contributed by atoms with E-state index in [0.717, 1.165) is 28.8 Å². The Morgan fingerprint density at radius 1 is 1.32 bits per heavy atom. The highest BCUT2D eigenvalue weighted by Crippen LogP contribution is 2.24. The second kappa shape index (κ2) is 7.13. The summed E-state index contributed by atoms with van der Waals surface area (Å²) in [6.07, 6.45) is 0. The smallest absolute Gasteiger partial charge is 0.313 e. The number of hydrogen-bond donors (Lipinski definition) is 2. The van der Waals surface area contributed by atoms with Gasteiger partial charge in [-0.25, -0.2) is 4.98 Å². The SMILES string of the molecule is Cc1nc(-c2cccc(NC(=O)CSCC(=O)O)c2)oc1C. The van der Waals surface area contributed by atoms with Crippen molar-refractivity contribution in [1.82, 2.24) is 4.98 Å². The number of carboxylic acid groups (broad SMARTS) is 1. The zero-order chi connectivity index (χ0) is 16.1. The second-order valence-electron chi connectivity index (χ2n) is 4.68. The van der Waals surface area contributed by atoms with E-state index in [1.54, 1.807) is 18.2 Å². The summed E-state index contributed by atoms with van der Waals surface area (Å²) in [7, 11) is 0. The number of hydrogen-bond acceptors (Lipinski definition) is 5. The summed E-state index contributed by atoms with van der Waals surface area (Å²) in [5.41, 5.74) is 2.22. The van der Waals surface area contributed by atoms with Crippen molar-refractivity contribution >= 4 is 29.3 Å². The van der Waals surface area contributed by atoms with Crippen LogP contribution in [0.25, 0.3) is 11.5 Å². The fourth-order valence-electron chi connectivity index (χ4n) is 1.75. The third-order valence-corrected chi connectivity index (χ3v) is 3.80. The van der Waals surface area contributed by atoms with Gasteiger partial charge in [-0.05, 0) is 32.0 Å². The number of amides is 1. The van der Waals surface area contributed by atoms with Crippen molar-refractivity contribution in [3.63, 3.8) is 0 Å². The molecule has 116 valence electrons. The predicted octanol–water partition coefficient (Wildman–Crippen LogP) is 2.71. The molecule has 0 aliphatic carbocycles. The Hall–Kier alpha value is -2.28. The van der Waals surface area contributed by atoms with Crippen LogP contribution in [0, 0.1) is 13.8 Å². The van der Waals surface area contributed by atoms with Crippen LogP contribution in [0.3, 0.4) is 0 Å². The molecule has 0 aliphatic heterocycles. The van der Waals surface area contributed by atoms with Crippen LogP contribution in [-0.2, 0) is 9.59 Å². The first-order valence-corrected chi connectivity index (χ1v) is 7.75. The Bertz CT molecular complexity index is 677. The number of carbonyl (C=O) groups is 2. The minimum atomic E-state index is -0.936. The Kier molecular flexibility index (Phi) is 5.21. The standard InChI is InChI=1S/C15H16N2O4S/c1-9-10(2)21-15(16-9)11-4-3-5-12(6-11)17-13(18)7-22-8-14(19)20/h3-6H,7-8H2,1-2H3,(H,17,18)(H,19,20). The second-order valence-corrected chi connectivity index (χ2v) is 5.66. The van der Waals surface area contributed by atoms with Crippen molar-refractivity contribution in [2.45, 2.75) is 13.8 Å². The molecular weight excluding hydrogens is 304 g/mol. The quantitative estimate of drug-likeness (QED) is 0.850. The number of thioether (sulfide) groups is 1. The average Bonchev–Trinajstić information content (AvgIpc) is 2.78. The summed E-state index contributed by atoms with van der Waals surface area (Å²) >= 11 is 1.05. The molecule has 1 heterocycles. The molecule has 0 fully saturated rings. The molecule has 2 rings (SSSR count). The summed E-state index contributed by atoms with van der Waals surface area (Å²) < 4.78 is 5.56. The van der Waals surface area contributed by atoms with Crippen LogP contribution in [0.5, 0.6) is 0 Å². The van der Waals surface area contributed by atoms with Crippen molar-refractivity contribution in [3.8, 4) is 11.5 Å². The molecule has 0 bridgehead atoms. The molecule has 1 aromatic heterocycles. The first-order valence-electron chi connectivity index (χ1n) is 6.59. The van der Waals surface area contributed by atoms with E-state index in [1.807, 2.05) is 19.9 Å². The Morgan fingerprint density at radius 2 is 2.09 bits per heavy atom. The molecule has 0 atom stereocenters. The van der Waals surface area contributed by atoms with E-state index in [4.69, 9.17) is 9.52 Å². The van der Waals surface area contributed by atoms with Gasteiger partial charge >= 0.3 is 5.97 Å². The van der Waals surface area contributed by atoms with Crippen LogP contribution in [-0.4, -0.2) is 33.5 Å². The lowest BCUT2D eigenvalue weighted by Crippen LogP contribution is -2.15. The van der Waals surface area contributed by atoms with Gasteiger partial charge in [0.2, 0.25) is 11.8 Å². The van der Waals surface area contributed by atoms with E-state index in [1.165, 1.54) is 0 Å². The summed E-state index contributed by atoms with van der Waals surface area (Å²) in [5.74, 6) is 0.0780. The maximum atomic E-state index is 11.7. The topological polar surface area (TPSA) is 92.4 Å². The number of carbonyl (C=O) groups excluding carboxylic acids is 1. The first kappa shape index (κ1) is 16.1. The van der Waals surface area contributed by atoms with Crippen LogP contribution >= 0.6 is 11.8 Å². The van der Waals surface area contributed by atoms with E-state index in [2.05, 4.69) is 10.3 Å². The molecule has 7 heteroatoms. The van der Waals surface area contributed by atoms with Gasteiger partial charge in [0.05, 0.1) is 17.2 Å². The number of benzene rings is 1. The van der Waals surface area contributed by atoms with Crippen molar-refractivity contribution in [2.24, 2.45) is 0 Å². The third kappa shape index (κ3) is 4.36. The molecule has 0 radical (unpaired) electrons. The number of carboxylic acids is 1. The number of aromatic nitrogens is 1. The van der Waals surface area contributed by atoms with Gasteiger partial charge in [0.1, 0.15) is 5.76 Å². The average molecular weight is 320 g/mol. The molecule has 1 amide bonds. The lowest BCUT2D eigenvalue weighted by molar-refractivity contribution is -0.133. The van der Waals surface area contributed by atoms with Crippen LogP contribution in [0.1, 0.15) is 11.5 Å². The Labute approximate surface area is 131 Å². The molecule has 1 aromatic carbocycles. The fraction of sp³-hybridized carbons (Fsp3) is 0.267. The summed E-state index contributed by atoms with van der Waals surface area (Å²) in [6.45, 7) is 3.71. The minimum absolute atomic E-state index is 0.0910. The number of rotatable bonds is 6. The Morgan fingerprint density at radius 3 is 2.73 bits per heavy atom. The van der Waals surface area contributed by atoms with Gasteiger partial charge in [-0.15, -0.1) is 11.8 Å². The van der Waals surface area contributed by atoms with Crippen LogP contribution in [0.15, 0.2) is 28.7 Å². The number of nitrogens with one attached hydrogen (secondary N) is 1. The minimum Gasteiger partial charge on any atom is -0.481 e. The molecule has 0 saturated heterocycles. The zero-order valence-corrected chi connectivity index (χ0v) is 13.1. The summed E-state index contributed by atoms with van der Waals surface area (Å²) in [6, 6.07) is 7.17. The van der Waals surface area contributed by atoms with Crippen molar-refractivity contribution in [3.05, 3.63) is 35.7 Å². The van der Waals surface area contributed by atoms with Gasteiger partial charge in [-0.3, -0.25) is 9.59 Å². The maximum absolute atomic E-state index is 11.7. The van der Waals surface area contributed by atoms with Crippen LogP contribution < -0.4 is 5.32 Å². The highest BCUT2D eigenvalue weighted by atomic mass is 32.2. The molecule has 6 nitrogen and oxygen atoms in total. The molecular formula is C15H16N2O4S. The Balaban J connectivity index is 2.02. The number of aliphatic carboxylic acids is 1. The molecule has 0 spiro atoms. The van der Waals surface area contributed by atoms with Gasteiger partial charge in [0.15, 0.2) is 0 Å². The lowest BCUT2D eigenvalue weighted by atomic mass is 10.2. The van der Waals surface area contributed by atoms with Gasteiger partial charge in [-0.2, -0.15) is 0 Å². The fourth-order valence-corrected chi connectivity index (χ4v) is 2.29. The van der Waals surface area contributed by atoms with Crippen LogP contribution in [0.2, 0.25) is 0 Å². The van der Waals surface area contributed by atoms with Crippen molar-refractivity contribution < 1.29 is 19.1 Å². The van der Waals surface area contributed by atoms with Gasteiger partial charge < -0.3 is 14.8 Å². The van der Waals surface area contributed by atoms with Crippen LogP contribution in [0.4, 0.5) is 5.69 Å². The van der Waals surface area contributed by atoms with E-state index in [-0.39, 0.29) is 17.4 Å². The number of oxazole rings is 1. The highest BCUT2D eigenvalue weighted by Gasteiger charge is 2.10. The third-order valence-electron chi connectivity index (χ3n) is 2.88. The first-order chi connectivity index (χ1) is 10.5. The normalized spacial score (nSPS) is 10.5. The maximum Gasteiger partial charge on any atom is 0.313 e. The number of anilines is 1. The number of nitrogens with zero attached hydrogens (tertiary/aromatic N) is 1. The molecule has 2 aromatic rings. The monoisotopic (exact) mass is 320 g/mol. The molecule has 0 aliphatic rings. The molecule has 0 unspecified atom stereocenters. The van der Waals surface area contributed by atoms with E-state index < -0.39 is 5.97 Å². The van der Waals surface area contributed by atoms with Crippen molar-refractivity contribution in [2.75, 3.05) is 16.8 Å². The molecule has 2 N–H and O–H groups in total. The molecule has 0 saturated carbocycles. The largest absolute Gasteiger partial charge is 0.481 e. The van der Waals surface area contributed by atoms with E-state index in [0.29, 0.717) is 11.6 Å². The molecule has 22 heavy (non-hydrogen) atoms. The van der Waals surface area contributed by atoms with Gasteiger partial charge in [-0.1, -0.05) is 6.07 Å². The van der Waals surface area contributed by atoms with E-state index >= 15 is 0 Å². The van der Waals surface area contributed by atoms with E-state index in [9.17, 15) is 9.59 Å². The summed E-state index contributed by atoms with van der Waals surface area (Å²) in [4.78, 5) is 26.5. The van der Waals surface area contributed by atoms with Gasteiger partial charge in [0, 0.05) is 11.3 Å². The predicted molar refractivity (Wildman–Crippen MR) is 85.0 cm³/mol. The van der Waals surface area contributed by atoms with Crippen molar-refractivity contribution in [1.29, 1.82) is 0 Å². The summed E-state index contributed by atoms with van der Waals surface area (Å²) in [5, 5.41) is 11.3. The number of aryl methyl sites for hydroxylation is 2. The lowest BCUT2D eigenvalue weighted by Gasteiger charge is -2.05. The highest BCUT2D eigenvalue weighted by molar-refractivity contribution is 8.00. The zero-order valence-electron chi connectivity index (χ0n) is 12.3.